The Morgan fingerprint density at radius 2 is 1.72 bits per heavy atom. The first-order valence-corrected chi connectivity index (χ1v) is 10.1. The minimum absolute atomic E-state index is 0.125. The van der Waals surface area contributed by atoms with E-state index >= 15 is 0 Å². The monoisotopic (exact) mass is 405 g/mol. The summed E-state index contributed by atoms with van der Waals surface area (Å²) in [7, 11) is 1.35. The van der Waals surface area contributed by atoms with Crippen molar-refractivity contribution in [1.82, 2.24) is 4.90 Å². The number of ether oxygens (including phenoxy) is 1. The summed E-state index contributed by atoms with van der Waals surface area (Å²) in [6.07, 6.45) is -0.642. The average molecular weight is 405 g/mol. The van der Waals surface area contributed by atoms with Gasteiger partial charge in [-0.25, -0.2) is 0 Å². The van der Waals surface area contributed by atoms with Gasteiger partial charge in [-0.15, -0.1) is 0 Å². The van der Waals surface area contributed by atoms with Crippen molar-refractivity contribution in [2.45, 2.75) is 62.5 Å². The lowest BCUT2D eigenvalue weighted by Gasteiger charge is -2.52. The molecule has 0 aliphatic carbocycles. The van der Waals surface area contributed by atoms with Crippen molar-refractivity contribution in [1.29, 1.82) is 0 Å². The Hall–Kier alpha value is -2.05. The molecule has 2 aliphatic rings. The van der Waals surface area contributed by atoms with Gasteiger partial charge < -0.3 is 9.84 Å². The lowest BCUT2D eigenvalue weighted by molar-refractivity contribution is -0.138. The van der Waals surface area contributed by atoms with E-state index in [2.05, 4.69) is 17.0 Å². The number of nitrogens with zero attached hydrogens (tertiary/aromatic N) is 1. The third kappa shape index (κ3) is 4.14. The summed E-state index contributed by atoms with van der Waals surface area (Å²) in [4.78, 5) is 2.43. The molecular weight excluding hydrogens is 379 g/mol. The summed E-state index contributed by atoms with van der Waals surface area (Å²) in [6.45, 7) is 0.804. The zero-order valence-electron chi connectivity index (χ0n) is 16.5. The van der Waals surface area contributed by atoms with Gasteiger partial charge in [-0.05, 0) is 55.0 Å². The van der Waals surface area contributed by atoms with Crippen LogP contribution in [0.5, 0.6) is 5.75 Å². The van der Waals surface area contributed by atoms with E-state index in [1.54, 1.807) is 6.07 Å². The van der Waals surface area contributed by atoms with Crippen LogP contribution in [0.15, 0.2) is 48.5 Å². The molecule has 0 aromatic heterocycles. The van der Waals surface area contributed by atoms with Gasteiger partial charge in [-0.3, -0.25) is 4.90 Å². The predicted octanol–water partition coefficient (Wildman–Crippen LogP) is 5.12. The largest absolute Gasteiger partial charge is 0.497 e. The molecule has 2 aliphatic heterocycles. The molecule has 2 unspecified atom stereocenters. The molecule has 29 heavy (non-hydrogen) atoms. The molecule has 156 valence electrons. The molecule has 0 spiro atoms. The minimum Gasteiger partial charge on any atom is -0.497 e. The van der Waals surface area contributed by atoms with Crippen LogP contribution >= 0.6 is 0 Å². The first-order chi connectivity index (χ1) is 13.8. The summed E-state index contributed by atoms with van der Waals surface area (Å²) in [5, 5.41) is 11.5. The van der Waals surface area contributed by atoms with E-state index in [0.29, 0.717) is 18.4 Å². The highest BCUT2D eigenvalue weighted by Gasteiger charge is 2.47. The summed E-state index contributed by atoms with van der Waals surface area (Å²) >= 11 is 0. The topological polar surface area (TPSA) is 32.7 Å². The van der Waals surface area contributed by atoms with Gasteiger partial charge in [0.15, 0.2) is 0 Å². The number of hydrogen-bond acceptors (Lipinski definition) is 3. The average Bonchev–Trinajstić information content (AvgIpc) is 2.68. The first-order valence-electron chi connectivity index (χ1n) is 10.1. The second-order valence-electron chi connectivity index (χ2n) is 8.28. The molecular formula is C23H26F3NO2. The number of fused-ring (bicyclic) bond motifs is 2. The van der Waals surface area contributed by atoms with Gasteiger partial charge in [0.1, 0.15) is 5.75 Å². The first kappa shape index (κ1) is 20.2. The number of alkyl halides is 3. The molecule has 6 heteroatoms. The van der Waals surface area contributed by atoms with Crippen LogP contribution in [-0.2, 0) is 18.3 Å². The maximum Gasteiger partial charge on any atom is 0.416 e. The maximum absolute atomic E-state index is 13.4. The van der Waals surface area contributed by atoms with E-state index in [9.17, 15) is 18.3 Å². The summed E-state index contributed by atoms with van der Waals surface area (Å²) in [5.74, 6) is 0.125. The second kappa shape index (κ2) is 7.65. The molecule has 2 bridgehead atoms. The molecule has 2 fully saturated rings. The molecule has 0 amide bonds. The zero-order valence-corrected chi connectivity index (χ0v) is 16.5. The predicted molar refractivity (Wildman–Crippen MR) is 105 cm³/mol. The number of piperidine rings is 2. The van der Waals surface area contributed by atoms with Gasteiger partial charge in [0.05, 0.1) is 18.3 Å². The smallest absolute Gasteiger partial charge is 0.416 e. The Balaban J connectivity index is 1.63. The van der Waals surface area contributed by atoms with Crippen LogP contribution in [0.2, 0.25) is 0 Å². The van der Waals surface area contributed by atoms with Crippen molar-refractivity contribution in [3.63, 3.8) is 0 Å². The lowest BCUT2D eigenvalue weighted by atomic mass is 9.72. The van der Waals surface area contributed by atoms with Gasteiger partial charge in [0, 0.05) is 18.6 Å². The number of halogens is 3. The highest BCUT2D eigenvalue weighted by Crippen LogP contribution is 2.46. The lowest BCUT2D eigenvalue weighted by Crippen LogP contribution is -2.56. The van der Waals surface area contributed by atoms with E-state index in [-0.39, 0.29) is 17.8 Å². The van der Waals surface area contributed by atoms with Crippen LogP contribution < -0.4 is 4.74 Å². The molecule has 4 rings (SSSR count). The van der Waals surface area contributed by atoms with E-state index in [4.69, 9.17) is 4.74 Å². The maximum atomic E-state index is 13.4. The quantitative estimate of drug-likeness (QED) is 0.767. The zero-order chi connectivity index (χ0) is 20.6. The summed E-state index contributed by atoms with van der Waals surface area (Å²) in [5.41, 5.74) is -0.537. The molecule has 2 aromatic rings. The van der Waals surface area contributed by atoms with Crippen LogP contribution in [0.1, 0.15) is 48.8 Å². The minimum atomic E-state index is -4.48. The van der Waals surface area contributed by atoms with Gasteiger partial charge in [-0.2, -0.15) is 13.2 Å². The Bertz CT molecular complexity index is 839. The van der Waals surface area contributed by atoms with Crippen LogP contribution in [0, 0.1) is 0 Å². The molecule has 0 radical (unpaired) electrons. The van der Waals surface area contributed by atoms with Crippen molar-refractivity contribution in [2.24, 2.45) is 0 Å². The fraction of sp³-hybridized carbons (Fsp3) is 0.478. The molecule has 2 atom stereocenters. The van der Waals surface area contributed by atoms with Gasteiger partial charge >= 0.3 is 6.18 Å². The van der Waals surface area contributed by atoms with Gasteiger partial charge in [0.2, 0.25) is 0 Å². The fourth-order valence-electron chi connectivity index (χ4n) is 4.96. The molecule has 2 saturated heterocycles. The molecule has 1 N–H and O–H groups in total. The number of hydrogen-bond donors (Lipinski definition) is 1. The molecule has 2 aromatic carbocycles. The Morgan fingerprint density at radius 1 is 1.07 bits per heavy atom. The number of rotatable bonds is 4. The SMILES string of the molecule is COc1cc(C(F)(F)F)cc(C2(O)CC3CCCC(C2)N3Cc2ccccc2)c1. The van der Waals surface area contributed by atoms with Crippen molar-refractivity contribution in [3.05, 3.63) is 65.2 Å². The van der Waals surface area contributed by atoms with Crippen molar-refractivity contribution in [2.75, 3.05) is 7.11 Å². The Morgan fingerprint density at radius 3 is 2.31 bits per heavy atom. The number of aliphatic hydroxyl groups is 1. The standard InChI is InChI=1S/C23H26F3NO2/c1-29-21-11-17(10-18(12-21)23(24,25)26)22(28)13-19-8-5-9-20(14-22)27(19)15-16-6-3-2-4-7-16/h2-4,6-7,10-12,19-20,28H,5,8-9,13-15H2,1H3. The van der Waals surface area contributed by atoms with E-state index < -0.39 is 17.3 Å². The van der Waals surface area contributed by atoms with Crippen LogP contribution in [0.25, 0.3) is 0 Å². The second-order valence-corrected chi connectivity index (χ2v) is 8.28. The highest BCUT2D eigenvalue weighted by molar-refractivity contribution is 5.39. The van der Waals surface area contributed by atoms with Crippen molar-refractivity contribution < 1.29 is 23.0 Å². The summed E-state index contributed by atoms with van der Waals surface area (Å²) < 4.78 is 45.2. The van der Waals surface area contributed by atoms with Crippen LogP contribution in [-0.4, -0.2) is 29.2 Å². The van der Waals surface area contributed by atoms with E-state index in [0.717, 1.165) is 37.9 Å². The van der Waals surface area contributed by atoms with Crippen LogP contribution in [0.3, 0.4) is 0 Å². The van der Waals surface area contributed by atoms with Gasteiger partial charge in [0.25, 0.3) is 0 Å². The highest BCUT2D eigenvalue weighted by atomic mass is 19.4. The van der Waals surface area contributed by atoms with E-state index in [1.165, 1.54) is 12.7 Å². The third-order valence-electron chi connectivity index (χ3n) is 6.37. The Kier molecular flexibility index (Phi) is 5.34. The molecule has 0 saturated carbocycles. The fourth-order valence-corrected chi connectivity index (χ4v) is 4.96. The van der Waals surface area contributed by atoms with Crippen LogP contribution in [0.4, 0.5) is 13.2 Å². The normalized spacial score (nSPS) is 27.6. The number of methoxy groups -OCH3 is 1. The van der Waals surface area contributed by atoms with Gasteiger partial charge in [-0.1, -0.05) is 36.8 Å². The van der Waals surface area contributed by atoms with Crippen molar-refractivity contribution >= 4 is 0 Å². The third-order valence-corrected chi connectivity index (χ3v) is 6.37. The molecule has 3 nitrogen and oxygen atoms in total. The molecule has 2 heterocycles. The number of benzene rings is 2. The summed E-state index contributed by atoms with van der Waals surface area (Å²) in [6, 6.07) is 14.1. The van der Waals surface area contributed by atoms with Crippen molar-refractivity contribution in [3.8, 4) is 5.75 Å². The van der Waals surface area contributed by atoms with E-state index in [1.807, 2.05) is 18.2 Å². The Labute approximate surface area is 169 Å².